The number of carbonyl (C=O) groups excluding carboxylic acids is 1. The molecule has 1 unspecified atom stereocenters. The fourth-order valence-electron chi connectivity index (χ4n) is 1.62. The van der Waals surface area contributed by atoms with E-state index in [-0.39, 0.29) is 6.61 Å². The lowest BCUT2D eigenvalue weighted by atomic mass is 10.1. The van der Waals surface area contributed by atoms with Crippen LogP contribution in [0.2, 0.25) is 0 Å². The van der Waals surface area contributed by atoms with Crippen LogP contribution in [-0.4, -0.2) is 34.2 Å². The summed E-state index contributed by atoms with van der Waals surface area (Å²) in [5, 5.41) is 10.3. The monoisotopic (exact) mass is 312 g/mol. The molecule has 21 heavy (non-hydrogen) atoms. The molecule has 0 aliphatic rings. The van der Waals surface area contributed by atoms with Crippen molar-refractivity contribution in [2.75, 3.05) is 5.75 Å². The highest BCUT2D eigenvalue weighted by molar-refractivity contribution is 7.99. The number of hydrogen-bond donors (Lipinski definition) is 3. The van der Waals surface area contributed by atoms with E-state index in [1.807, 2.05) is 30.3 Å². The van der Waals surface area contributed by atoms with Crippen LogP contribution < -0.4 is 11.2 Å². The van der Waals surface area contributed by atoms with Gasteiger partial charge in [-0.25, -0.2) is 5.48 Å². The maximum atomic E-state index is 11.7. The fourth-order valence-corrected chi connectivity index (χ4v) is 2.50. The number of aliphatic hydroxyl groups excluding tert-OH is 1. The minimum absolute atomic E-state index is 0.248. The predicted octanol–water partition coefficient (Wildman–Crippen LogP) is 1.45. The lowest BCUT2D eigenvalue weighted by Crippen LogP contribution is -2.46. The summed E-state index contributed by atoms with van der Waals surface area (Å²) in [7, 11) is 0. The molecule has 0 fully saturated rings. The van der Waals surface area contributed by atoms with E-state index < -0.39 is 18.1 Å². The topological polar surface area (TPSA) is 84.6 Å². The van der Waals surface area contributed by atoms with Crippen molar-refractivity contribution < 1.29 is 14.7 Å². The minimum atomic E-state index is -1.26. The first kappa shape index (κ1) is 18.0. The van der Waals surface area contributed by atoms with Crippen molar-refractivity contribution in [3.63, 3.8) is 0 Å². The molecule has 1 rings (SSSR count). The lowest BCUT2D eigenvalue weighted by molar-refractivity contribution is -0.144. The van der Waals surface area contributed by atoms with E-state index >= 15 is 0 Å². The highest BCUT2D eigenvalue weighted by Gasteiger charge is 2.22. The van der Waals surface area contributed by atoms with Crippen molar-refractivity contribution in [3.8, 4) is 0 Å². The number of hydrogen-bond acceptors (Lipinski definition) is 5. The molecule has 4 N–H and O–H groups in total. The quantitative estimate of drug-likeness (QED) is 0.601. The molecule has 1 amide bonds. The highest BCUT2D eigenvalue weighted by Crippen LogP contribution is 2.12. The molecule has 0 aliphatic heterocycles. The van der Waals surface area contributed by atoms with E-state index in [0.29, 0.717) is 11.7 Å². The van der Waals surface area contributed by atoms with Gasteiger partial charge in [-0.05, 0) is 23.0 Å². The van der Waals surface area contributed by atoms with Gasteiger partial charge in [-0.15, -0.1) is 0 Å². The Kier molecular flexibility index (Phi) is 8.37. The SMILES string of the molecule is CC(C)SCC[C@@H](N)C(O)C(=O)NOCc1ccccc1. The Labute approximate surface area is 130 Å². The molecule has 6 heteroatoms. The first-order chi connectivity index (χ1) is 10.0. The van der Waals surface area contributed by atoms with Crippen molar-refractivity contribution >= 4 is 17.7 Å². The van der Waals surface area contributed by atoms with Crippen molar-refractivity contribution in [2.24, 2.45) is 5.73 Å². The maximum absolute atomic E-state index is 11.7. The number of aliphatic hydroxyl groups is 1. The van der Waals surface area contributed by atoms with Crippen LogP contribution in [0.3, 0.4) is 0 Å². The summed E-state index contributed by atoms with van der Waals surface area (Å²) in [4.78, 5) is 16.8. The van der Waals surface area contributed by atoms with Gasteiger partial charge >= 0.3 is 0 Å². The molecule has 0 saturated carbocycles. The van der Waals surface area contributed by atoms with Gasteiger partial charge in [0, 0.05) is 6.04 Å². The predicted molar refractivity (Wildman–Crippen MR) is 85.6 cm³/mol. The van der Waals surface area contributed by atoms with E-state index in [1.165, 1.54) is 0 Å². The largest absolute Gasteiger partial charge is 0.382 e. The molecule has 0 heterocycles. The van der Waals surface area contributed by atoms with Crippen LogP contribution in [0.25, 0.3) is 0 Å². The number of nitrogens with two attached hydrogens (primary N) is 1. The average molecular weight is 312 g/mol. The third-order valence-corrected chi connectivity index (χ3v) is 3.97. The van der Waals surface area contributed by atoms with E-state index in [2.05, 4.69) is 19.3 Å². The third kappa shape index (κ3) is 7.47. The minimum Gasteiger partial charge on any atom is -0.382 e. The summed E-state index contributed by atoms with van der Waals surface area (Å²) >= 11 is 1.75. The number of rotatable bonds is 9. The molecular weight excluding hydrogens is 288 g/mol. The van der Waals surface area contributed by atoms with Crippen LogP contribution in [0.1, 0.15) is 25.8 Å². The van der Waals surface area contributed by atoms with E-state index in [0.717, 1.165) is 11.3 Å². The Morgan fingerprint density at radius 1 is 1.38 bits per heavy atom. The van der Waals surface area contributed by atoms with Crippen molar-refractivity contribution in [2.45, 2.75) is 44.3 Å². The van der Waals surface area contributed by atoms with Gasteiger partial charge < -0.3 is 10.8 Å². The van der Waals surface area contributed by atoms with Gasteiger partial charge in [-0.1, -0.05) is 44.2 Å². The molecule has 0 bridgehead atoms. The molecule has 0 saturated heterocycles. The molecule has 1 aromatic rings. The van der Waals surface area contributed by atoms with Crippen LogP contribution in [0, 0.1) is 0 Å². The van der Waals surface area contributed by atoms with Gasteiger partial charge in [0.1, 0.15) is 6.10 Å². The zero-order valence-electron chi connectivity index (χ0n) is 12.5. The fraction of sp³-hybridized carbons (Fsp3) is 0.533. The zero-order chi connectivity index (χ0) is 15.7. The average Bonchev–Trinajstić information content (AvgIpc) is 2.47. The Bertz CT molecular complexity index is 415. The first-order valence-electron chi connectivity index (χ1n) is 7.01. The van der Waals surface area contributed by atoms with E-state index in [4.69, 9.17) is 10.6 Å². The van der Waals surface area contributed by atoms with Gasteiger partial charge in [-0.3, -0.25) is 9.63 Å². The smallest absolute Gasteiger partial charge is 0.273 e. The van der Waals surface area contributed by atoms with Crippen LogP contribution >= 0.6 is 11.8 Å². The Morgan fingerprint density at radius 3 is 2.67 bits per heavy atom. The summed E-state index contributed by atoms with van der Waals surface area (Å²) in [6.45, 7) is 4.44. The number of amides is 1. The van der Waals surface area contributed by atoms with Gasteiger partial charge in [0.2, 0.25) is 0 Å². The van der Waals surface area contributed by atoms with Crippen LogP contribution in [0.15, 0.2) is 30.3 Å². The molecule has 0 radical (unpaired) electrons. The second-order valence-corrected chi connectivity index (χ2v) is 6.74. The van der Waals surface area contributed by atoms with Gasteiger partial charge in [0.15, 0.2) is 0 Å². The van der Waals surface area contributed by atoms with Gasteiger partial charge in [0.05, 0.1) is 6.61 Å². The Morgan fingerprint density at radius 2 is 2.05 bits per heavy atom. The number of hydroxylamine groups is 1. The molecule has 0 aliphatic carbocycles. The van der Waals surface area contributed by atoms with Crippen LogP contribution in [-0.2, 0) is 16.2 Å². The van der Waals surface area contributed by atoms with E-state index in [9.17, 15) is 9.90 Å². The third-order valence-electron chi connectivity index (χ3n) is 2.83. The molecule has 0 spiro atoms. The number of thioether (sulfide) groups is 1. The number of benzene rings is 1. The first-order valence-corrected chi connectivity index (χ1v) is 8.06. The van der Waals surface area contributed by atoms with Crippen LogP contribution in [0.5, 0.6) is 0 Å². The summed E-state index contributed by atoms with van der Waals surface area (Å²) in [6.07, 6.45) is -0.677. The summed E-state index contributed by atoms with van der Waals surface area (Å²) in [5.74, 6) is 0.210. The van der Waals surface area contributed by atoms with Crippen molar-refractivity contribution in [1.29, 1.82) is 0 Å². The molecule has 1 aromatic carbocycles. The number of nitrogens with one attached hydrogen (secondary N) is 1. The number of carbonyl (C=O) groups is 1. The van der Waals surface area contributed by atoms with Crippen molar-refractivity contribution in [3.05, 3.63) is 35.9 Å². The maximum Gasteiger partial charge on any atom is 0.273 e. The summed E-state index contributed by atoms with van der Waals surface area (Å²) in [6, 6.07) is 8.86. The molecule has 0 aromatic heterocycles. The van der Waals surface area contributed by atoms with Gasteiger partial charge in [0.25, 0.3) is 5.91 Å². The lowest BCUT2D eigenvalue weighted by Gasteiger charge is -2.18. The molecule has 2 atom stereocenters. The Balaban J connectivity index is 2.24. The van der Waals surface area contributed by atoms with Crippen molar-refractivity contribution in [1.82, 2.24) is 5.48 Å². The van der Waals surface area contributed by atoms with E-state index in [1.54, 1.807) is 11.8 Å². The molecule has 118 valence electrons. The van der Waals surface area contributed by atoms with Crippen LogP contribution in [0.4, 0.5) is 0 Å². The second-order valence-electron chi connectivity index (χ2n) is 5.06. The standard InChI is InChI=1S/C15H24N2O3S/c1-11(2)21-9-8-13(16)14(18)15(19)17-20-10-12-6-4-3-5-7-12/h3-7,11,13-14,18H,8-10,16H2,1-2H3,(H,17,19)/t13-,14?/m1/s1. The molecular formula is C15H24N2O3S. The molecule has 5 nitrogen and oxygen atoms in total. The Hall–Kier alpha value is -1.08. The highest BCUT2D eigenvalue weighted by atomic mass is 32.2. The normalized spacial score (nSPS) is 14.0. The summed E-state index contributed by atoms with van der Waals surface area (Å²) in [5.41, 5.74) is 8.98. The van der Waals surface area contributed by atoms with Gasteiger partial charge in [-0.2, -0.15) is 11.8 Å². The summed E-state index contributed by atoms with van der Waals surface area (Å²) < 4.78 is 0. The zero-order valence-corrected chi connectivity index (χ0v) is 13.3. The second kappa shape index (κ2) is 9.78.